The minimum Gasteiger partial charge on any atom is -0.353 e. The molecule has 3 nitrogen and oxygen atoms in total. The third kappa shape index (κ3) is 2.76. The van der Waals surface area contributed by atoms with Gasteiger partial charge in [0.1, 0.15) is 5.82 Å². The minimum absolute atomic E-state index is 0.774. The number of hydrogen-bond acceptors (Lipinski definition) is 3. The molecule has 0 saturated heterocycles. The second kappa shape index (κ2) is 4.40. The maximum Gasteiger partial charge on any atom is 0.125 e. The van der Waals surface area contributed by atoms with Crippen molar-refractivity contribution >= 4 is 27.3 Å². The molecule has 76 valence electrons. The molecule has 0 saturated carbocycles. The van der Waals surface area contributed by atoms with Gasteiger partial charge in [0.05, 0.1) is 18.1 Å². The molecular formula is C11H10BrN3. The maximum absolute atomic E-state index is 4.11. The van der Waals surface area contributed by atoms with E-state index in [-0.39, 0.29) is 0 Å². The zero-order chi connectivity index (χ0) is 10.7. The molecule has 0 aliphatic carbocycles. The number of rotatable bonds is 2. The molecule has 0 amide bonds. The number of aromatic nitrogens is 2. The Morgan fingerprint density at radius 3 is 2.20 bits per heavy atom. The summed E-state index contributed by atoms with van der Waals surface area (Å²) in [5.74, 6) is 0.774. The summed E-state index contributed by atoms with van der Waals surface area (Å²) >= 11 is 3.39. The van der Waals surface area contributed by atoms with Crippen LogP contribution in [0.25, 0.3) is 0 Å². The monoisotopic (exact) mass is 263 g/mol. The summed E-state index contributed by atoms with van der Waals surface area (Å²) in [5, 5.41) is 3.21. The van der Waals surface area contributed by atoms with Crippen molar-refractivity contribution < 1.29 is 0 Å². The van der Waals surface area contributed by atoms with E-state index in [9.17, 15) is 0 Å². The summed E-state index contributed by atoms with van der Waals surface area (Å²) in [7, 11) is 0. The van der Waals surface area contributed by atoms with Crippen molar-refractivity contribution in [2.24, 2.45) is 0 Å². The van der Waals surface area contributed by atoms with E-state index in [1.54, 1.807) is 12.4 Å². The lowest BCUT2D eigenvalue weighted by Gasteiger charge is -2.05. The Morgan fingerprint density at radius 2 is 1.60 bits per heavy atom. The van der Waals surface area contributed by atoms with Gasteiger partial charge in [-0.05, 0) is 31.2 Å². The Morgan fingerprint density at radius 1 is 1.00 bits per heavy atom. The fourth-order valence-electron chi connectivity index (χ4n) is 1.16. The SMILES string of the molecule is Cc1ncc(Nc2ccc(Br)cc2)cn1. The van der Waals surface area contributed by atoms with Crippen LogP contribution in [-0.4, -0.2) is 9.97 Å². The Labute approximate surface area is 96.7 Å². The standard InChI is InChI=1S/C11H10BrN3/c1-8-13-6-11(7-14-8)15-10-4-2-9(12)3-5-10/h2-7,15H,1H3. The molecule has 0 unspecified atom stereocenters. The Hall–Kier alpha value is -1.42. The van der Waals surface area contributed by atoms with E-state index in [0.29, 0.717) is 0 Å². The summed E-state index contributed by atoms with van der Waals surface area (Å²) in [5.41, 5.74) is 1.91. The largest absolute Gasteiger partial charge is 0.353 e. The van der Waals surface area contributed by atoms with Gasteiger partial charge in [0.25, 0.3) is 0 Å². The predicted molar refractivity (Wildman–Crippen MR) is 64.2 cm³/mol. The average Bonchev–Trinajstić information content (AvgIpc) is 2.25. The van der Waals surface area contributed by atoms with Crippen molar-refractivity contribution in [2.45, 2.75) is 6.92 Å². The van der Waals surface area contributed by atoms with Crippen LogP contribution in [0, 0.1) is 6.92 Å². The molecular weight excluding hydrogens is 254 g/mol. The predicted octanol–water partition coefficient (Wildman–Crippen LogP) is 3.29. The van der Waals surface area contributed by atoms with Gasteiger partial charge >= 0.3 is 0 Å². The van der Waals surface area contributed by atoms with Gasteiger partial charge in [0.2, 0.25) is 0 Å². The molecule has 0 spiro atoms. The van der Waals surface area contributed by atoms with Crippen LogP contribution in [0.2, 0.25) is 0 Å². The molecule has 15 heavy (non-hydrogen) atoms. The third-order valence-electron chi connectivity index (χ3n) is 1.91. The molecule has 0 fully saturated rings. The molecule has 0 bridgehead atoms. The second-order valence-corrected chi connectivity index (χ2v) is 4.07. The van der Waals surface area contributed by atoms with Gasteiger partial charge in [-0.1, -0.05) is 15.9 Å². The van der Waals surface area contributed by atoms with E-state index in [2.05, 4.69) is 31.2 Å². The van der Waals surface area contributed by atoms with Gasteiger partial charge in [0, 0.05) is 10.2 Å². The summed E-state index contributed by atoms with van der Waals surface area (Å²) in [6.45, 7) is 1.86. The van der Waals surface area contributed by atoms with Crippen LogP contribution in [0.5, 0.6) is 0 Å². The first-order valence-corrected chi connectivity index (χ1v) is 5.34. The molecule has 4 heteroatoms. The van der Waals surface area contributed by atoms with Crippen LogP contribution >= 0.6 is 15.9 Å². The first-order chi connectivity index (χ1) is 7.24. The Bertz CT molecular complexity index is 393. The van der Waals surface area contributed by atoms with E-state index >= 15 is 0 Å². The Kier molecular flexibility index (Phi) is 2.97. The van der Waals surface area contributed by atoms with Gasteiger partial charge in [-0.15, -0.1) is 0 Å². The topological polar surface area (TPSA) is 37.8 Å². The van der Waals surface area contributed by atoms with Crippen LogP contribution in [0.15, 0.2) is 41.1 Å². The van der Waals surface area contributed by atoms with E-state index in [1.807, 2.05) is 31.2 Å². The molecule has 1 heterocycles. The van der Waals surface area contributed by atoms with Crippen LogP contribution in [0.4, 0.5) is 11.4 Å². The number of halogens is 1. The number of nitrogens with zero attached hydrogens (tertiary/aromatic N) is 2. The highest BCUT2D eigenvalue weighted by Gasteiger charge is 1.95. The van der Waals surface area contributed by atoms with Crippen molar-refractivity contribution in [2.75, 3.05) is 5.32 Å². The fraction of sp³-hybridized carbons (Fsp3) is 0.0909. The molecule has 2 rings (SSSR count). The highest BCUT2D eigenvalue weighted by atomic mass is 79.9. The summed E-state index contributed by atoms with van der Waals surface area (Å²) < 4.78 is 1.06. The second-order valence-electron chi connectivity index (χ2n) is 3.15. The summed E-state index contributed by atoms with van der Waals surface area (Å²) in [6, 6.07) is 7.95. The highest BCUT2D eigenvalue weighted by Crippen LogP contribution is 2.17. The molecule has 1 aromatic heterocycles. The average molecular weight is 264 g/mol. The molecule has 1 N–H and O–H groups in total. The lowest BCUT2D eigenvalue weighted by atomic mass is 10.3. The minimum atomic E-state index is 0.774. The smallest absolute Gasteiger partial charge is 0.125 e. The summed E-state index contributed by atoms with van der Waals surface area (Å²) in [4.78, 5) is 8.22. The van der Waals surface area contributed by atoms with Gasteiger partial charge in [0.15, 0.2) is 0 Å². The molecule has 0 aliphatic heterocycles. The number of benzene rings is 1. The first-order valence-electron chi connectivity index (χ1n) is 4.55. The van der Waals surface area contributed by atoms with Gasteiger partial charge in [-0.25, -0.2) is 9.97 Å². The van der Waals surface area contributed by atoms with E-state index < -0.39 is 0 Å². The van der Waals surface area contributed by atoms with Gasteiger partial charge in [-0.3, -0.25) is 0 Å². The van der Waals surface area contributed by atoms with Crippen molar-refractivity contribution in [1.29, 1.82) is 0 Å². The lowest BCUT2D eigenvalue weighted by Crippen LogP contribution is -1.93. The zero-order valence-corrected chi connectivity index (χ0v) is 9.82. The molecule has 1 aromatic carbocycles. The van der Waals surface area contributed by atoms with E-state index in [4.69, 9.17) is 0 Å². The van der Waals surface area contributed by atoms with Crippen LogP contribution in [-0.2, 0) is 0 Å². The van der Waals surface area contributed by atoms with Crippen LogP contribution in [0.1, 0.15) is 5.82 Å². The molecule has 0 aliphatic rings. The van der Waals surface area contributed by atoms with E-state index in [0.717, 1.165) is 21.7 Å². The molecule has 0 atom stereocenters. The first kappa shape index (κ1) is 10.1. The fourth-order valence-corrected chi connectivity index (χ4v) is 1.42. The number of nitrogens with one attached hydrogen (secondary N) is 1. The lowest BCUT2D eigenvalue weighted by molar-refractivity contribution is 1.05. The number of anilines is 2. The van der Waals surface area contributed by atoms with Crippen molar-refractivity contribution in [3.8, 4) is 0 Å². The number of hydrogen-bond donors (Lipinski definition) is 1. The highest BCUT2D eigenvalue weighted by molar-refractivity contribution is 9.10. The normalized spacial score (nSPS) is 10.0. The molecule has 2 aromatic rings. The number of aryl methyl sites for hydroxylation is 1. The van der Waals surface area contributed by atoms with Gasteiger partial charge < -0.3 is 5.32 Å². The molecule has 0 radical (unpaired) electrons. The van der Waals surface area contributed by atoms with E-state index in [1.165, 1.54) is 0 Å². The van der Waals surface area contributed by atoms with Crippen LogP contribution in [0.3, 0.4) is 0 Å². The van der Waals surface area contributed by atoms with Gasteiger partial charge in [-0.2, -0.15) is 0 Å². The zero-order valence-electron chi connectivity index (χ0n) is 8.24. The van der Waals surface area contributed by atoms with Crippen molar-refractivity contribution in [3.05, 3.63) is 47.0 Å². The third-order valence-corrected chi connectivity index (χ3v) is 2.44. The summed E-state index contributed by atoms with van der Waals surface area (Å²) in [6.07, 6.45) is 3.54. The maximum atomic E-state index is 4.11. The Balaban J connectivity index is 2.15. The van der Waals surface area contributed by atoms with Crippen molar-refractivity contribution in [3.63, 3.8) is 0 Å². The van der Waals surface area contributed by atoms with Crippen LogP contribution < -0.4 is 5.32 Å². The van der Waals surface area contributed by atoms with Crippen molar-refractivity contribution in [1.82, 2.24) is 9.97 Å². The quantitative estimate of drug-likeness (QED) is 0.904.